The molecule has 0 spiro atoms. The lowest BCUT2D eigenvalue weighted by Crippen LogP contribution is -2.51. The summed E-state index contributed by atoms with van der Waals surface area (Å²) >= 11 is 0. The molecule has 1 saturated carbocycles. The van der Waals surface area contributed by atoms with Gasteiger partial charge in [-0.15, -0.1) is 0 Å². The summed E-state index contributed by atoms with van der Waals surface area (Å²) in [6, 6.07) is 10.1. The molecule has 10 nitrogen and oxygen atoms in total. The zero-order chi connectivity index (χ0) is 22.4. The number of nitrogens with one attached hydrogen (secondary N) is 4. The van der Waals surface area contributed by atoms with Crippen LogP contribution >= 0.6 is 0 Å². The molecule has 10 heteroatoms. The molecule has 0 atom stereocenters. The quantitative estimate of drug-likeness (QED) is 0.171. The first-order valence-corrected chi connectivity index (χ1v) is 10.2. The maximum Gasteiger partial charge on any atom is 0.291 e. The lowest BCUT2D eigenvalue weighted by atomic mass is 9.70. The van der Waals surface area contributed by atoms with E-state index in [1.165, 1.54) is 0 Å². The van der Waals surface area contributed by atoms with Crippen LogP contribution in [0.2, 0.25) is 0 Å². The van der Waals surface area contributed by atoms with E-state index in [-0.39, 0.29) is 42.5 Å². The third-order valence-electron chi connectivity index (χ3n) is 5.67. The molecule has 0 saturated heterocycles. The van der Waals surface area contributed by atoms with Crippen LogP contribution in [0.1, 0.15) is 36.2 Å². The third kappa shape index (κ3) is 5.02. The van der Waals surface area contributed by atoms with Crippen LogP contribution in [-0.2, 0) is 21.6 Å². The minimum Gasteiger partial charge on any atom is -0.368 e. The molecule has 6 N–H and O–H groups in total. The molecular formula is C21H29N7O3. The summed E-state index contributed by atoms with van der Waals surface area (Å²) in [6.45, 7) is 2.12. The van der Waals surface area contributed by atoms with Gasteiger partial charge in [-0.3, -0.25) is 19.8 Å². The van der Waals surface area contributed by atoms with Crippen molar-refractivity contribution in [3.05, 3.63) is 57.6 Å². The van der Waals surface area contributed by atoms with Crippen LogP contribution in [0.15, 0.2) is 35.1 Å². The van der Waals surface area contributed by atoms with Crippen molar-refractivity contribution in [3.8, 4) is 0 Å². The van der Waals surface area contributed by atoms with Gasteiger partial charge in [-0.05, 0) is 31.7 Å². The van der Waals surface area contributed by atoms with Crippen LogP contribution in [0.4, 0.5) is 5.82 Å². The Morgan fingerprint density at radius 3 is 2.68 bits per heavy atom. The first-order chi connectivity index (χ1) is 14.8. The molecule has 3 rings (SSSR count). The molecule has 1 aromatic heterocycles. The number of aryl methyl sites for hydroxylation is 1. The summed E-state index contributed by atoms with van der Waals surface area (Å²) < 4.78 is 0. The van der Waals surface area contributed by atoms with Crippen molar-refractivity contribution in [2.45, 2.75) is 38.1 Å². The highest BCUT2D eigenvalue weighted by atomic mass is 16.6. The Labute approximate surface area is 180 Å². The first kappa shape index (κ1) is 22.3. The molecule has 2 aromatic rings. The number of nitrogens with zero attached hydrogens (tertiary/aromatic N) is 2. The topological polar surface area (TPSA) is 149 Å². The number of hydrogen-bond acceptors (Lipinski definition) is 6. The fourth-order valence-electron chi connectivity index (χ4n) is 3.83. The van der Waals surface area contributed by atoms with E-state index in [0.717, 1.165) is 24.8 Å². The average molecular weight is 428 g/mol. The second kappa shape index (κ2) is 9.61. The molecule has 31 heavy (non-hydrogen) atoms. The fraction of sp³-hybridized carbons (Fsp3) is 0.429. The molecule has 0 radical (unpaired) electrons. The second-order valence-electron chi connectivity index (χ2n) is 7.66. The van der Waals surface area contributed by atoms with Crippen LogP contribution in [0, 0.1) is 12.3 Å². The molecule has 1 aromatic carbocycles. The highest BCUT2D eigenvalue weighted by Crippen LogP contribution is 2.46. The summed E-state index contributed by atoms with van der Waals surface area (Å²) in [4.78, 5) is 39.3. The van der Waals surface area contributed by atoms with Crippen molar-refractivity contribution in [3.63, 3.8) is 0 Å². The molecule has 166 valence electrons. The number of carbonyl (C=O) groups is 1. The Morgan fingerprint density at radius 1 is 1.35 bits per heavy atom. The first-order valence-electron chi connectivity index (χ1n) is 10.2. The van der Waals surface area contributed by atoms with Crippen LogP contribution in [-0.4, -0.2) is 42.0 Å². The number of rotatable bonds is 9. The van der Waals surface area contributed by atoms with Gasteiger partial charge in [-0.1, -0.05) is 30.3 Å². The van der Waals surface area contributed by atoms with E-state index in [4.69, 9.17) is 16.0 Å². The van der Waals surface area contributed by atoms with Crippen molar-refractivity contribution in [2.24, 2.45) is 5.73 Å². The third-order valence-corrected chi connectivity index (χ3v) is 5.67. The van der Waals surface area contributed by atoms with E-state index in [2.05, 4.69) is 32.9 Å². The van der Waals surface area contributed by atoms with E-state index in [9.17, 15) is 9.59 Å². The van der Waals surface area contributed by atoms with Gasteiger partial charge in [0.2, 0.25) is 11.9 Å². The van der Waals surface area contributed by atoms with E-state index in [1.54, 1.807) is 6.92 Å². The predicted molar refractivity (Wildman–Crippen MR) is 118 cm³/mol. The lowest BCUT2D eigenvalue weighted by molar-refractivity contribution is -0.120. The van der Waals surface area contributed by atoms with Gasteiger partial charge >= 0.3 is 0 Å². The van der Waals surface area contributed by atoms with E-state index >= 15 is 0 Å². The minimum absolute atomic E-state index is 0.0297. The second-order valence-corrected chi connectivity index (χ2v) is 7.66. The number of hydrogen-bond donors (Lipinski definition) is 5. The highest BCUT2D eigenvalue weighted by molar-refractivity contribution is 5.78. The van der Waals surface area contributed by atoms with Gasteiger partial charge in [0.1, 0.15) is 0 Å². The van der Waals surface area contributed by atoms with Crippen molar-refractivity contribution < 1.29 is 9.63 Å². The zero-order valence-corrected chi connectivity index (χ0v) is 17.8. The van der Waals surface area contributed by atoms with Crippen molar-refractivity contribution in [2.75, 3.05) is 25.1 Å². The molecule has 1 amide bonds. The molecule has 0 aliphatic heterocycles. The number of guanidine groups is 1. The molecule has 1 aliphatic rings. The summed E-state index contributed by atoms with van der Waals surface area (Å²) in [5.74, 6) is -0.245. The molecule has 0 unspecified atom stereocenters. The monoisotopic (exact) mass is 427 g/mol. The Kier molecular flexibility index (Phi) is 6.91. The van der Waals surface area contributed by atoms with Gasteiger partial charge in [0, 0.05) is 19.3 Å². The summed E-state index contributed by atoms with van der Waals surface area (Å²) in [5.41, 5.74) is 9.00. The van der Waals surface area contributed by atoms with E-state index in [0.29, 0.717) is 17.2 Å². The summed E-state index contributed by atoms with van der Waals surface area (Å²) in [7, 11) is 1.89. The predicted octanol–water partition coefficient (Wildman–Crippen LogP) is 0.667. The van der Waals surface area contributed by atoms with Crippen LogP contribution in [0.25, 0.3) is 0 Å². The van der Waals surface area contributed by atoms with Crippen LogP contribution in [0.3, 0.4) is 0 Å². The number of anilines is 1. The number of H-pyrrole nitrogens is 1. The molecule has 0 bridgehead atoms. The fourth-order valence-corrected chi connectivity index (χ4v) is 3.83. The summed E-state index contributed by atoms with van der Waals surface area (Å²) in [6.07, 6.45) is 2.99. The number of carbonyl (C=O) groups excluding carboxylic acids is 1. The van der Waals surface area contributed by atoms with Crippen LogP contribution < -0.4 is 27.0 Å². The molecule has 1 aliphatic carbocycles. The Morgan fingerprint density at radius 2 is 2.06 bits per heavy atom. The van der Waals surface area contributed by atoms with E-state index in [1.807, 2.05) is 30.1 Å². The van der Waals surface area contributed by atoms with Gasteiger partial charge in [0.15, 0.2) is 5.82 Å². The maximum atomic E-state index is 12.7. The normalized spacial score (nSPS) is 14.4. The van der Waals surface area contributed by atoms with E-state index < -0.39 is 0 Å². The Hall–Kier alpha value is -3.40. The van der Waals surface area contributed by atoms with Crippen molar-refractivity contribution >= 4 is 17.7 Å². The lowest BCUT2D eigenvalue weighted by Gasteiger charge is -2.49. The number of aromatic amines is 1. The SMILES string of the molecule is Cc1[nH]c(=O)c(N(C)C2(c3ccccc3)CCC2)nc1CC(=O)NCCONC(=N)N. The van der Waals surface area contributed by atoms with Gasteiger partial charge in [-0.2, -0.15) is 0 Å². The number of benzene rings is 1. The zero-order valence-electron chi connectivity index (χ0n) is 17.8. The molecule has 1 fully saturated rings. The number of amides is 1. The molecular weight excluding hydrogens is 398 g/mol. The smallest absolute Gasteiger partial charge is 0.291 e. The van der Waals surface area contributed by atoms with Crippen LogP contribution in [0.5, 0.6) is 0 Å². The summed E-state index contributed by atoms with van der Waals surface area (Å²) in [5, 5.41) is 9.70. The minimum atomic E-state index is -0.309. The molecule has 1 heterocycles. The van der Waals surface area contributed by atoms with Crippen molar-refractivity contribution in [1.29, 1.82) is 5.41 Å². The standard InChI is InChI=1S/C21H29N7O3/c1-14-16(13-17(29)24-11-12-31-27-20(22)23)26-18(19(30)25-14)28(2)21(9-6-10-21)15-7-4-3-5-8-15/h3-5,7-8H,6,9-13H2,1-2H3,(H,24,29)(H,25,30)(H4,22,23,27). The van der Waals surface area contributed by atoms with Gasteiger partial charge in [-0.25, -0.2) is 10.5 Å². The largest absolute Gasteiger partial charge is 0.368 e. The number of hydroxylamine groups is 1. The maximum absolute atomic E-state index is 12.7. The number of aromatic nitrogens is 2. The van der Waals surface area contributed by atoms with Gasteiger partial charge < -0.3 is 20.9 Å². The highest BCUT2D eigenvalue weighted by Gasteiger charge is 2.43. The van der Waals surface area contributed by atoms with Gasteiger partial charge in [0.25, 0.3) is 5.56 Å². The Balaban J connectivity index is 1.73. The Bertz CT molecular complexity index is 986. The van der Waals surface area contributed by atoms with Gasteiger partial charge in [0.05, 0.1) is 24.3 Å². The van der Waals surface area contributed by atoms with Crippen molar-refractivity contribution in [1.82, 2.24) is 20.8 Å². The average Bonchev–Trinajstić information content (AvgIpc) is 2.69. The number of nitrogens with two attached hydrogens (primary N) is 1.